The summed E-state index contributed by atoms with van der Waals surface area (Å²) in [5.74, 6) is 0.532. The first-order chi connectivity index (χ1) is 7.28. The molecule has 1 aliphatic rings. The second kappa shape index (κ2) is 5.04. The minimum atomic E-state index is -0.448. The Labute approximate surface area is 97.7 Å². The second-order valence-electron chi connectivity index (χ2n) is 5.75. The molecule has 2 atom stereocenters. The number of nitrogens with one attached hydrogen (secondary N) is 1. The van der Waals surface area contributed by atoms with Crippen molar-refractivity contribution in [2.75, 3.05) is 6.61 Å². The van der Waals surface area contributed by atoms with Crippen LogP contribution in [0.3, 0.4) is 0 Å². The van der Waals surface area contributed by atoms with E-state index in [2.05, 4.69) is 19.2 Å². The van der Waals surface area contributed by atoms with Crippen LogP contribution in [-0.4, -0.2) is 30.4 Å². The number of hydrogen-bond donors (Lipinski definition) is 1. The maximum Gasteiger partial charge on any atom is 0.407 e. The number of hydrogen-bond acceptors (Lipinski definition) is 3. The van der Waals surface area contributed by atoms with E-state index < -0.39 is 5.60 Å². The number of carbonyl (C=O) groups is 1. The fraction of sp³-hybridized carbons (Fsp3) is 0.917. The van der Waals surface area contributed by atoms with Crippen molar-refractivity contribution in [3.05, 3.63) is 0 Å². The minimum Gasteiger partial charge on any atom is -0.444 e. The van der Waals surface area contributed by atoms with E-state index in [-0.39, 0.29) is 18.2 Å². The highest BCUT2D eigenvalue weighted by molar-refractivity contribution is 5.68. The monoisotopic (exact) mass is 229 g/mol. The molecule has 1 N–H and O–H groups in total. The summed E-state index contributed by atoms with van der Waals surface area (Å²) in [4.78, 5) is 11.6. The zero-order valence-electron chi connectivity index (χ0n) is 10.9. The summed E-state index contributed by atoms with van der Waals surface area (Å²) in [5.41, 5.74) is -0.448. The number of carbonyl (C=O) groups excluding carboxylic acids is 1. The zero-order valence-corrected chi connectivity index (χ0v) is 10.9. The molecule has 0 radical (unpaired) electrons. The zero-order chi connectivity index (χ0) is 12.3. The number of amides is 1. The first-order valence-corrected chi connectivity index (χ1v) is 5.89. The van der Waals surface area contributed by atoms with E-state index in [1.165, 1.54) is 0 Å². The van der Waals surface area contributed by atoms with Gasteiger partial charge >= 0.3 is 6.09 Å². The molecule has 16 heavy (non-hydrogen) atoms. The lowest BCUT2D eigenvalue weighted by atomic mass is 10.0. The Morgan fingerprint density at radius 1 is 1.50 bits per heavy atom. The summed E-state index contributed by atoms with van der Waals surface area (Å²) in [6.45, 7) is 10.6. The highest BCUT2D eigenvalue weighted by Crippen LogP contribution is 2.20. The van der Waals surface area contributed by atoms with Crippen molar-refractivity contribution < 1.29 is 14.3 Å². The van der Waals surface area contributed by atoms with Gasteiger partial charge in [0, 0.05) is 0 Å². The van der Waals surface area contributed by atoms with Crippen molar-refractivity contribution in [1.82, 2.24) is 5.32 Å². The SMILES string of the molecule is CC(C)C[C@H](NC(=O)OC(C)(C)C)[C@@H]1CO1. The summed E-state index contributed by atoms with van der Waals surface area (Å²) in [6.07, 6.45) is 0.743. The molecule has 0 saturated carbocycles. The first-order valence-electron chi connectivity index (χ1n) is 5.89. The van der Waals surface area contributed by atoms with E-state index in [1.807, 2.05) is 20.8 Å². The van der Waals surface area contributed by atoms with E-state index >= 15 is 0 Å². The van der Waals surface area contributed by atoms with Gasteiger partial charge in [0.25, 0.3) is 0 Å². The fourth-order valence-corrected chi connectivity index (χ4v) is 1.56. The fourth-order valence-electron chi connectivity index (χ4n) is 1.56. The molecule has 94 valence electrons. The van der Waals surface area contributed by atoms with Crippen molar-refractivity contribution in [3.8, 4) is 0 Å². The quantitative estimate of drug-likeness (QED) is 0.753. The standard InChI is InChI=1S/C12H23NO3/c1-8(2)6-9(10-7-15-10)13-11(14)16-12(3,4)5/h8-10H,6-7H2,1-5H3,(H,13,14)/t9-,10-/m0/s1. The van der Waals surface area contributed by atoms with E-state index in [0.717, 1.165) is 13.0 Å². The van der Waals surface area contributed by atoms with Crippen molar-refractivity contribution in [2.45, 2.75) is 58.8 Å². The van der Waals surface area contributed by atoms with E-state index in [4.69, 9.17) is 9.47 Å². The average Bonchev–Trinajstić information content (AvgIpc) is 2.78. The van der Waals surface area contributed by atoms with Gasteiger partial charge in [0.1, 0.15) is 11.7 Å². The van der Waals surface area contributed by atoms with Crippen molar-refractivity contribution in [1.29, 1.82) is 0 Å². The predicted molar refractivity (Wildman–Crippen MR) is 62.4 cm³/mol. The number of epoxide rings is 1. The Balaban J connectivity index is 2.39. The molecule has 0 aromatic carbocycles. The van der Waals surface area contributed by atoms with Crippen LogP contribution in [-0.2, 0) is 9.47 Å². The lowest BCUT2D eigenvalue weighted by Gasteiger charge is -2.23. The van der Waals surface area contributed by atoms with Crippen LogP contribution in [0.15, 0.2) is 0 Å². The molecule has 1 saturated heterocycles. The molecular weight excluding hydrogens is 206 g/mol. The molecule has 0 aliphatic carbocycles. The maximum absolute atomic E-state index is 11.6. The van der Waals surface area contributed by atoms with E-state index in [0.29, 0.717) is 5.92 Å². The third kappa shape index (κ3) is 5.35. The number of rotatable bonds is 4. The number of ether oxygens (including phenoxy) is 2. The number of alkyl carbamates (subject to hydrolysis) is 1. The lowest BCUT2D eigenvalue weighted by Crippen LogP contribution is -2.42. The molecule has 1 heterocycles. The molecule has 1 amide bonds. The van der Waals surface area contributed by atoms with E-state index in [9.17, 15) is 4.79 Å². The summed E-state index contributed by atoms with van der Waals surface area (Å²) in [5, 5.41) is 2.88. The normalized spacial score (nSPS) is 21.8. The second-order valence-corrected chi connectivity index (χ2v) is 5.75. The molecule has 0 aromatic heterocycles. The van der Waals surface area contributed by atoms with Crippen molar-refractivity contribution in [3.63, 3.8) is 0 Å². The Morgan fingerprint density at radius 2 is 2.06 bits per heavy atom. The molecule has 0 spiro atoms. The van der Waals surface area contributed by atoms with Crippen LogP contribution < -0.4 is 5.32 Å². The van der Waals surface area contributed by atoms with Gasteiger partial charge in [-0.05, 0) is 33.1 Å². The molecule has 0 unspecified atom stereocenters. The van der Waals surface area contributed by atoms with Gasteiger partial charge in [-0.1, -0.05) is 13.8 Å². The third-order valence-corrected chi connectivity index (χ3v) is 2.24. The molecule has 4 nitrogen and oxygen atoms in total. The molecule has 1 rings (SSSR count). The van der Waals surface area contributed by atoms with Crippen LogP contribution in [0.2, 0.25) is 0 Å². The average molecular weight is 229 g/mol. The van der Waals surface area contributed by atoms with Gasteiger partial charge in [-0.15, -0.1) is 0 Å². The van der Waals surface area contributed by atoms with Crippen LogP contribution in [0.1, 0.15) is 41.0 Å². The Hall–Kier alpha value is -0.770. The lowest BCUT2D eigenvalue weighted by molar-refractivity contribution is 0.0488. The van der Waals surface area contributed by atoms with Gasteiger partial charge in [0.15, 0.2) is 0 Å². The predicted octanol–water partition coefficient (Wildman–Crippen LogP) is 2.32. The van der Waals surface area contributed by atoms with Crippen LogP contribution in [0.25, 0.3) is 0 Å². The van der Waals surface area contributed by atoms with Crippen LogP contribution in [0, 0.1) is 5.92 Å². The summed E-state index contributed by atoms with van der Waals surface area (Å²) in [7, 11) is 0. The highest BCUT2D eigenvalue weighted by atomic mass is 16.6. The molecule has 0 bridgehead atoms. The molecule has 1 fully saturated rings. The van der Waals surface area contributed by atoms with Gasteiger partial charge in [-0.3, -0.25) is 0 Å². The van der Waals surface area contributed by atoms with E-state index in [1.54, 1.807) is 0 Å². The van der Waals surface area contributed by atoms with Gasteiger partial charge < -0.3 is 14.8 Å². The Bertz CT molecular complexity index is 241. The van der Waals surface area contributed by atoms with Gasteiger partial charge in [0.05, 0.1) is 12.6 Å². The van der Waals surface area contributed by atoms with Gasteiger partial charge in [-0.25, -0.2) is 4.79 Å². The van der Waals surface area contributed by atoms with Crippen molar-refractivity contribution >= 4 is 6.09 Å². The third-order valence-electron chi connectivity index (χ3n) is 2.24. The highest BCUT2D eigenvalue weighted by Gasteiger charge is 2.35. The molecule has 4 heteroatoms. The molecular formula is C12H23NO3. The van der Waals surface area contributed by atoms with Crippen LogP contribution in [0.4, 0.5) is 4.79 Å². The summed E-state index contributed by atoms with van der Waals surface area (Å²) < 4.78 is 10.5. The first kappa shape index (κ1) is 13.3. The summed E-state index contributed by atoms with van der Waals surface area (Å²) >= 11 is 0. The van der Waals surface area contributed by atoms with Crippen molar-refractivity contribution in [2.24, 2.45) is 5.92 Å². The minimum absolute atomic E-state index is 0.0786. The smallest absolute Gasteiger partial charge is 0.407 e. The van der Waals surface area contributed by atoms with Gasteiger partial charge in [0.2, 0.25) is 0 Å². The Kier molecular flexibility index (Phi) is 4.19. The topological polar surface area (TPSA) is 50.9 Å². The molecule has 0 aromatic rings. The van der Waals surface area contributed by atoms with Crippen LogP contribution >= 0.6 is 0 Å². The molecule has 1 aliphatic heterocycles. The summed E-state index contributed by atoms with van der Waals surface area (Å²) in [6, 6.07) is 0.0786. The van der Waals surface area contributed by atoms with Gasteiger partial charge in [-0.2, -0.15) is 0 Å². The largest absolute Gasteiger partial charge is 0.444 e. The van der Waals surface area contributed by atoms with Crippen LogP contribution in [0.5, 0.6) is 0 Å². The Morgan fingerprint density at radius 3 is 2.44 bits per heavy atom. The maximum atomic E-state index is 11.6.